The van der Waals surface area contributed by atoms with E-state index in [9.17, 15) is 14.4 Å². The molecule has 0 aliphatic carbocycles. The van der Waals surface area contributed by atoms with Crippen molar-refractivity contribution in [2.45, 2.75) is 18.6 Å². The standard InChI is InChI=1S/C26H22N2O4/c1-27-21(16-22(29)19-14-12-18(13-15-19)17-8-4-2-5-9-17)23-24(32-27)26(31)28(25(23)30)20-10-6-3-7-11-20/h2-15,21,23-24H,16H2,1H3/t21-,23-,24+/m1/s1. The van der Waals surface area contributed by atoms with Crippen LogP contribution in [0.15, 0.2) is 84.9 Å². The van der Waals surface area contributed by atoms with Gasteiger partial charge in [-0.25, -0.2) is 4.90 Å². The van der Waals surface area contributed by atoms with E-state index in [1.54, 1.807) is 43.4 Å². The third-order valence-corrected chi connectivity index (χ3v) is 6.18. The highest BCUT2D eigenvalue weighted by molar-refractivity contribution is 6.23. The quantitative estimate of drug-likeness (QED) is 0.459. The predicted octanol–water partition coefficient (Wildman–Crippen LogP) is 3.73. The average Bonchev–Trinajstić information content (AvgIpc) is 3.28. The smallest absolute Gasteiger partial charge is 0.265 e. The van der Waals surface area contributed by atoms with E-state index in [1.807, 2.05) is 48.5 Å². The van der Waals surface area contributed by atoms with Crippen LogP contribution in [0.2, 0.25) is 0 Å². The fourth-order valence-corrected chi connectivity index (χ4v) is 4.50. The molecule has 2 aliphatic heterocycles. The Bertz CT molecular complexity index is 1160. The van der Waals surface area contributed by atoms with Crippen LogP contribution in [0.25, 0.3) is 11.1 Å². The SMILES string of the molecule is CN1O[C@@H]2C(=O)N(c3ccccc3)C(=O)[C@@H]2[C@H]1CC(=O)c1ccc(-c2ccccc2)cc1. The number of nitrogens with zero attached hydrogens (tertiary/aromatic N) is 2. The molecule has 3 atom stereocenters. The van der Waals surface area contributed by atoms with Gasteiger partial charge in [0, 0.05) is 19.0 Å². The lowest BCUT2D eigenvalue weighted by Gasteiger charge is -2.23. The van der Waals surface area contributed by atoms with E-state index in [0.29, 0.717) is 11.3 Å². The average molecular weight is 426 g/mol. The molecule has 3 aromatic rings. The zero-order chi connectivity index (χ0) is 22.2. The maximum absolute atomic E-state index is 13.2. The number of rotatable bonds is 5. The minimum absolute atomic E-state index is 0.0873. The number of carbonyl (C=O) groups is 3. The van der Waals surface area contributed by atoms with Crippen LogP contribution in [0.5, 0.6) is 0 Å². The van der Waals surface area contributed by atoms with Gasteiger partial charge in [0.15, 0.2) is 11.9 Å². The fourth-order valence-electron chi connectivity index (χ4n) is 4.50. The Kier molecular flexibility index (Phi) is 5.17. The molecule has 2 fully saturated rings. The fraction of sp³-hybridized carbons (Fsp3) is 0.192. The topological polar surface area (TPSA) is 66.9 Å². The van der Waals surface area contributed by atoms with Crippen molar-refractivity contribution in [3.8, 4) is 11.1 Å². The third kappa shape index (κ3) is 3.43. The molecule has 3 aromatic carbocycles. The molecule has 0 radical (unpaired) electrons. The number of hydroxylamine groups is 2. The van der Waals surface area contributed by atoms with Gasteiger partial charge in [0.25, 0.3) is 5.91 Å². The maximum Gasteiger partial charge on any atom is 0.265 e. The zero-order valence-corrected chi connectivity index (χ0v) is 17.5. The number of fused-ring (bicyclic) bond motifs is 1. The molecule has 0 saturated carbocycles. The van der Waals surface area contributed by atoms with Crippen LogP contribution in [0, 0.1) is 5.92 Å². The Hall–Kier alpha value is -3.61. The van der Waals surface area contributed by atoms with Crippen molar-refractivity contribution < 1.29 is 19.2 Å². The summed E-state index contributed by atoms with van der Waals surface area (Å²) in [6.45, 7) is 0. The molecule has 0 N–H and O–H groups in total. The van der Waals surface area contributed by atoms with E-state index in [4.69, 9.17) is 4.84 Å². The van der Waals surface area contributed by atoms with E-state index in [0.717, 1.165) is 11.1 Å². The first kappa shape index (κ1) is 20.3. The molecule has 2 saturated heterocycles. The summed E-state index contributed by atoms with van der Waals surface area (Å²) in [6, 6.07) is 25.7. The normalized spacial score (nSPS) is 22.9. The third-order valence-electron chi connectivity index (χ3n) is 6.18. The van der Waals surface area contributed by atoms with Gasteiger partial charge in [0.2, 0.25) is 5.91 Å². The molecule has 2 heterocycles. The van der Waals surface area contributed by atoms with Crippen molar-refractivity contribution in [3.63, 3.8) is 0 Å². The molecule has 2 amide bonds. The van der Waals surface area contributed by atoms with Crippen LogP contribution < -0.4 is 4.90 Å². The molecular formula is C26H22N2O4. The van der Waals surface area contributed by atoms with Crippen molar-refractivity contribution in [1.82, 2.24) is 5.06 Å². The summed E-state index contributed by atoms with van der Waals surface area (Å²) >= 11 is 0. The monoisotopic (exact) mass is 426 g/mol. The second-order valence-corrected chi connectivity index (χ2v) is 8.08. The van der Waals surface area contributed by atoms with Gasteiger partial charge in [-0.3, -0.25) is 19.2 Å². The van der Waals surface area contributed by atoms with Crippen LogP contribution in [-0.2, 0) is 14.4 Å². The van der Waals surface area contributed by atoms with Crippen molar-refractivity contribution in [2.75, 3.05) is 11.9 Å². The van der Waals surface area contributed by atoms with Gasteiger partial charge < -0.3 is 0 Å². The molecule has 2 aliphatic rings. The van der Waals surface area contributed by atoms with E-state index in [2.05, 4.69) is 0 Å². The second-order valence-electron chi connectivity index (χ2n) is 8.08. The first-order valence-electron chi connectivity index (χ1n) is 10.6. The molecule has 6 nitrogen and oxygen atoms in total. The molecule has 0 aromatic heterocycles. The highest BCUT2D eigenvalue weighted by Crippen LogP contribution is 2.39. The number of carbonyl (C=O) groups excluding carboxylic acids is 3. The summed E-state index contributed by atoms with van der Waals surface area (Å²) in [5.74, 6) is -1.52. The highest BCUT2D eigenvalue weighted by Gasteiger charge is 2.59. The van der Waals surface area contributed by atoms with E-state index in [-0.39, 0.29) is 24.0 Å². The Morgan fingerprint density at radius 3 is 2.06 bits per heavy atom. The summed E-state index contributed by atoms with van der Waals surface area (Å²) < 4.78 is 0. The lowest BCUT2D eigenvalue weighted by atomic mass is 9.91. The van der Waals surface area contributed by atoms with Crippen molar-refractivity contribution >= 4 is 23.3 Å². The van der Waals surface area contributed by atoms with Gasteiger partial charge in [0.1, 0.15) is 0 Å². The van der Waals surface area contributed by atoms with Crippen LogP contribution >= 0.6 is 0 Å². The Morgan fingerprint density at radius 1 is 0.812 bits per heavy atom. The summed E-state index contributed by atoms with van der Waals surface area (Å²) in [7, 11) is 1.67. The lowest BCUT2D eigenvalue weighted by Crippen LogP contribution is -2.40. The summed E-state index contributed by atoms with van der Waals surface area (Å²) in [4.78, 5) is 46.0. The van der Waals surface area contributed by atoms with Crippen LogP contribution in [0.1, 0.15) is 16.8 Å². The van der Waals surface area contributed by atoms with Gasteiger partial charge in [-0.2, -0.15) is 5.06 Å². The largest absolute Gasteiger partial charge is 0.294 e. The zero-order valence-electron chi connectivity index (χ0n) is 17.5. The van der Waals surface area contributed by atoms with Gasteiger partial charge in [-0.05, 0) is 23.3 Å². The van der Waals surface area contributed by atoms with Gasteiger partial charge in [0.05, 0.1) is 17.6 Å². The van der Waals surface area contributed by atoms with Crippen LogP contribution in [0.4, 0.5) is 5.69 Å². The van der Waals surface area contributed by atoms with Crippen LogP contribution in [-0.4, -0.2) is 41.9 Å². The first-order valence-corrected chi connectivity index (χ1v) is 10.6. The molecule has 160 valence electrons. The number of para-hydroxylation sites is 1. The van der Waals surface area contributed by atoms with E-state index in [1.165, 1.54) is 9.96 Å². The van der Waals surface area contributed by atoms with Crippen LogP contribution in [0.3, 0.4) is 0 Å². The molecule has 0 spiro atoms. The number of anilines is 1. The summed E-state index contributed by atoms with van der Waals surface area (Å²) in [5, 5.41) is 1.49. The number of benzene rings is 3. The van der Waals surface area contributed by atoms with Gasteiger partial charge in [-0.15, -0.1) is 0 Å². The number of hydrogen-bond acceptors (Lipinski definition) is 5. The number of amides is 2. The van der Waals surface area contributed by atoms with E-state index < -0.39 is 18.1 Å². The van der Waals surface area contributed by atoms with Gasteiger partial charge >= 0.3 is 0 Å². The first-order chi connectivity index (χ1) is 15.5. The molecule has 0 bridgehead atoms. The van der Waals surface area contributed by atoms with Gasteiger partial charge in [-0.1, -0.05) is 72.8 Å². The molecule has 0 unspecified atom stereocenters. The minimum Gasteiger partial charge on any atom is -0.294 e. The summed E-state index contributed by atoms with van der Waals surface area (Å²) in [6.07, 6.45) is -0.810. The van der Waals surface area contributed by atoms with E-state index >= 15 is 0 Å². The Balaban J connectivity index is 1.34. The predicted molar refractivity (Wildman–Crippen MR) is 120 cm³/mol. The van der Waals surface area contributed by atoms with Crippen molar-refractivity contribution in [3.05, 3.63) is 90.5 Å². The Labute approximate surface area is 186 Å². The van der Waals surface area contributed by atoms with Crippen molar-refractivity contribution in [2.24, 2.45) is 5.92 Å². The summed E-state index contributed by atoms with van der Waals surface area (Å²) in [5.41, 5.74) is 3.19. The Morgan fingerprint density at radius 2 is 1.41 bits per heavy atom. The molecular weight excluding hydrogens is 404 g/mol. The highest BCUT2D eigenvalue weighted by atomic mass is 16.7. The lowest BCUT2D eigenvalue weighted by molar-refractivity contribution is -0.159. The second kappa shape index (κ2) is 8.15. The maximum atomic E-state index is 13.2. The molecule has 5 rings (SSSR count). The number of hydrogen-bond donors (Lipinski definition) is 0. The molecule has 32 heavy (non-hydrogen) atoms. The number of Topliss-reactive ketones (excluding diaryl/α,β-unsaturated/α-hetero) is 1. The number of ketones is 1. The van der Waals surface area contributed by atoms with Crippen molar-refractivity contribution in [1.29, 1.82) is 0 Å². The number of imide groups is 1. The molecule has 6 heteroatoms. The minimum atomic E-state index is -0.897.